The number of nitrogens with zero attached hydrogens (tertiary/aromatic N) is 3. The largest absolute Gasteiger partial charge is 0.441 e. The van der Waals surface area contributed by atoms with Gasteiger partial charge in [-0.1, -0.05) is 43.3 Å². The van der Waals surface area contributed by atoms with Gasteiger partial charge >= 0.3 is 6.09 Å². The summed E-state index contributed by atoms with van der Waals surface area (Å²) >= 11 is 0. The molecular formula is C23H29N3O2. The maximum absolute atomic E-state index is 12.5. The molecule has 1 aromatic heterocycles. The number of aryl methyl sites for hydroxylation is 1. The molecule has 2 aliphatic rings. The van der Waals surface area contributed by atoms with E-state index >= 15 is 0 Å². The highest BCUT2D eigenvalue weighted by Gasteiger charge is 2.47. The summed E-state index contributed by atoms with van der Waals surface area (Å²) in [4.78, 5) is 21.3. The topological polar surface area (TPSA) is 45.7 Å². The molecule has 5 heteroatoms. The van der Waals surface area contributed by atoms with Crippen LogP contribution in [0, 0.1) is 6.92 Å². The first kappa shape index (κ1) is 18.9. The van der Waals surface area contributed by atoms with Crippen LogP contribution >= 0.6 is 0 Å². The molecule has 28 heavy (non-hydrogen) atoms. The van der Waals surface area contributed by atoms with Gasteiger partial charge in [0.15, 0.2) is 0 Å². The van der Waals surface area contributed by atoms with Gasteiger partial charge in [-0.3, -0.25) is 9.88 Å². The Morgan fingerprint density at radius 1 is 1.14 bits per heavy atom. The van der Waals surface area contributed by atoms with E-state index in [4.69, 9.17) is 4.74 Å². The third kappa shape index (κ3) is 4.04. The van der Waals surface area contributed by atoms with Crippen LogP contribution in [0.3, 0.4) is 0 Å². The number of carbonyl (C=O) groups excluding carboxylic acids is 1. The minimum absolute atomic E-state index is 0.156. The number of hydrogen-bond donors (Lipinski definition) is 0. The Morgan fingerprint density at radius 2 is 1.89 bits per heavy atom. The van der Waals surface area contributed by atoms with E-state index in [9.17, 15) is 4.79 Å². The predicted molar refractivity (Wildman–Crippen MR) is 109 cm³/mol. The molecule has 3 heterocycles. The number of ether oxygens (including phenoxy) is 1. The smallest absolute Gasteiger partial charge is 0.410 e. The van der Waals surface area contributed by atoms with Crippen molar-refractivity contribution in [2.75, 3.05) is 26.2 Å². The quantitative estimate of drug-likeness (QED) is 0.788. The van der Waals surface area contributed by atoms with Crippen LogP contribution in [0.4, 0.5) is 4.79 Å². The molecule has 2 saturated heterocycles. The molecule has 148 valence electrons. The molecule has 1 amide bonds. The van der Waals surface area contributed by atoms with E-state index in [1.54, 1.807) is 0 Å². The van der Waals surface area contributed by atoms with Gasteiger partial charge in [0.25, 0.3) is 0 Å². The number of amides is 1. The lowest BCUT2D eigenvalue weighted by Gasteiger charge is -2.37. The molecule has 0 aliphatic carbocycles. The number of pyridine rings is 1. The highest BCUT2D eigenvalue weighted by atomic mass is 16.6. The van der Waals surface area contributed by atoms with Gasteiger partial charge in [0.1, 0.15) is 5.60 Å². The normalized spacial score (nSPS) is 20.4. The van der Waals surface area contributed by atoms with Crippen LogP contribution in [0.25, 0.3) is 0 Å². The molecule has 4 rings (SSSR count). The summed E-state index contributed by atoms with van der Waals surface area (Å²) in [5, 5.41) is 0. The monoisotopic (exact) mass is 379 g/mol. The van der Waals surface area contributed by atoms with Gasteiger partial charge in [-0.05, 0) is 30.0 Å². The second-order valence-corrected chi connectivity index (χ2v) is 8.29. The fraction of sp³-hybridized carbons (Fsp3) is 0.478. The molecule has 2 fully saturated rings. The van der Waals surface area contributed by atoms with Gasteiger partial charge in [-0.15, -0.1) is 0 Å². The summed E-state index contributed by atoms with van der Waals surface area (Å²) in [7, 11) is 0. The van der Waals surface area contributed by atoms with E-state index in [1.807, 2.05) is 23.2 Å². The zero-order chi connectivity index (χ0) is 19.6. The molecule has 1 aromatic carbocycles. The molecule has 1 spiro atoms. The summed E-state index contributed by atoms with van der Waals surface area (Å²) in [6.45, 7) is 8.44. The van der Waals surface area contributed by atoms with Crippen LogP contribution in [0.1, 0.15) is 42.5 Å². The van der Waals surface area contributed by atoms with Gasteiger partial charge in [-0.25, -0.2) is 4.79 Å². The zero-order valence-electron chi connectivity index (χ0n) is 16.8. The maximum atomic E-state index is 12.5. The van der Waals surface area contributed by atoms with Crippen molar-refractivity contribution in [1.82, 2.24) is 14.8 Å². The number of aromatic nitrogens is 1. The zero-order valence-corrected chi connectivity index (χ0v) is 16.8. The van der Waals surface area contributed by atoms with E-state index < -0.39 is 0 Å². The number of rotatable bonds is 5. The molecular weight excluding hydrogens is 350 g/mol. The van der Waals surface area contributed by atoms with Gasteiger partial charge < -0.3 is 9.64 Å². The summed E-state index contributed by atoms with van der Waals surface area (Å²) in [6.07, 6.45) is 3.48. The van der Waals surface area contributed by atoms with Crippen molar-refractivity contribution in [3.05, 3.63) is 65.5 Å². The van der Waals surface area contributed by atoms with Crippen molar-refractivity contribution in [2.45, 2.75) is 44.8 Å². The number of hydrogen-bond acceptors (Lipinski definition) is 4. The standard InChI is InChI=1S/C23H29N3O2/c1-18-7-6-12-24-21(18)16-25-13-10-23(11-14-25)17-26(22(27)28-23)15-19(2)20-8-4-3-5-9-20/h3-9,12,19H,10-11,13-17H2,1-2H3/t19-/m0/s1. The predicted octanol–water partition coefficient (Wildman–Crippen LogP) is 3.98. The number of carbonyl (C=O) groups is 1. The minimum atomic E-state index is -0.316. The maximum Gasteiger partial charge on any atom is 0.410 e. The SMILES string of the molecule is Cc1cccnc1CN1CCC2(CC1)CN(C[C@H](C)c1ccccc1)C(=O)O2. The van der Waals surface area contributed by atoms with Crippen molar-refractivity contribution in [3.8, 4) is 0 Å². The van der Waals surface area contributed by atoms with E-state index in [-0.39, 0.29) is 11.7 Å². The Morgan fingerprint density at radius 3 is 2.61 bits per heavy atom. The Bertz CT molecular complexity index is 816. The van der Waals surface area contributed by atoms with E-state index in [0.29, 0.717) is 19.0 Å². The average Bonchev–Trinajstić information content (AvgIpc) is 3.01. The Labute approximate surface area is 167 Å². The van der Waals surface area contributed by atoms with Crippen molar-refractivity contribution >= 4 is 6.09 Å². The van der Waals surface area contributed by atoms with Crippen molar-refractivity contribution in [3.63, 3.8) is 0 Å². The first-order chi connectivity index (χ1) is 13.5. The summed E-state index contributed by atoms with van der Waals surface area (Å²) in [6, 6.07) is 14.5. The lowest BCUT2D eigenvalue weighted by molar-refractivity contribution is -0.00154. The van der Waals surface area contributed by atoms with Crippen LogP contribution in [-0.2, 0) is 11.3 Å². The lowest BCUT2D eigenvalue weighted by Crippen LogP contribution is -2.46. The first-order valence-corrected chi connectivity index (χ1v) is 10.2. The van der Waals surface area contributed by atoms with Gasteiger partial charge in [-0.2, -0.15) is 0 Å². The lowest BCUT2D eigenvalue weighted by atomic mass is 9.90. The average molecular weight is 380 g/mol. The fourth-order valence-electron chi connectivity index (χ4n) is 4.33. The van der Waals surface area contributed by atoms with Crippen molar-refractivity contribution < 1.29 is 9.53 Å². The van der Waals surface area contributed by atoms with Crippen LogP contribution in [0.15, 0.2) is 48.7 Å². The van der Waals surface area contributed by atoms with E-state index in [2.05, 4.69) is 54.1 Å². The highest BCUT2D eigenvalue weighted by Crippen LogP contribution is 2.34. The molecule has 1 atom stereocenters. The Balaban J connectivity index is 1.33. The van der Waals surface area contributed by atoms with Crippen molar-refractivity contribution in [1.29, 1.82) is 0 Å². The molecule has 2 aliphatic heterocycles. The fourth-order valence-corrected chi connectivity index (χ4v) is 4.33. The highest BCUT2D eigenvalue weighted by molar-refractivity contribution is 5.71. The molecule has 0 N–H and O–H groups in total. The Hall–Kier alpha value is -2.40. The van der Waals surface area contributed by atoms with Gasteiger partial charge in [0, 0.05) is 45.2 Å². The summed E-state index contributed by atoms with van der Waals surface area (Å²) in [5.74, 6) is 0.302. The number of likely N-dealkylation sites (tertiary alicyclic amines) is 1. The van der Waals surface area contributed by atoms with Crippen LogP contribution < -0.4 is 0 Å². The second-order valence-electron chi connectivity index (χ2n) is 8.29. The van der Waals surface area contributed by atoms with Crippen LogP contribution in [0.5, 0.6) is 0 Å². The van der Waals surface area contributed by atoms with Crippen molar-refractivity contribution in [2.24, 2.45) is 0 Å². The molecule has 0 radical (unpaired) electrons. The van der Waals surface area contributed by atoms with E-state index in [1.165, 1.54) is 11.1 Å². The molecule has 0 bridgehead atoms. The minimum Gasteiger partial charge on any atom is -0.441 e. The first-order valence-electron chi connectivity index (χ1n) is 10.2. The summed E-state index contributed by atoms with van der Waals surface area (Å²) < 4.78 is 5.91. The van der Waals surface area contributed by atoms with Gasteiger partial charge in [0.05, 0.1) is 12.2 Å². The summed E-state index contributed by atoms with van der Waals surface area (Å²) in [5.41, 5.74) is 3.32. The van der Waals surface area contributed by atoms with Crippen LogP contribution in [-0.4, -0.2) is 52.7 Å². The molecule has 2 aromatic rings. The molecule has 0 unspecified atom stereocenters. The van der Waals surface area contributed by atoms with Crippen LogP contribution in [0.2, 0.25) is 0 Å². The molecule has 0 saturated carbocycles. The third-order valence-electron chi connectivity index (χ3n) is 6.16. The third-order valence-corrected chi connectivity index (χ3v) is 6.16. The molecule has 5 nitrogen and oxygen atoms in total. The Kier molecular flexibility index (Phi) is 5.36. The number of piperidine rings is 1. The number of benzene rings is 1. The van der Waals surface area contributed by atoms with E-state index in [0.717, 1.165) is 38.2 Å². The van der Waals surface area contributed by atoms with Gasteiger partial charge in [0.2, 0.25) is 0 Å². The second kappa shape index (κ2) is 7.92.